The monoisotopic (exact) mass is 386 g/mol. The average molecular weight is 386 g/mol. The molecule has 29 heavy (non-hydrogen) atoms. The largest absolute Gasteiger partial charge is 0.379 e. The van der Waals surface area contributed by atoms with E-state index in [0.29, 0.717) is 11.3 Å². The number of pyridine rings is 3. The molecule has 1 saturated heterocycles. The summed E-state index contributed by atoms with van der Waals surface area (Å²) in [5.41, 5.74) is 3.34. The smallest absolute Gasteiger partial charge is 0.191 e. The van der Waals surface area contributed by atoms with Gasteiger partial charge in [0.1, 0.15) is 5.82 Å². The number of anilines is 1. The second kappa shape index (κ2) is 6.97. The predicted molar refractivity (Wildman–Crippen MR) is 115 cm³/mol. The van der Waals surface area contributed by atoms with Crippen molar-refractivity contribution in [3.8, 4) is 11.3 Å². The number of fused-ring (bicyclic) bond motifs is 2. The number of methoxy groups -OCH3 is 1. The lowest BCUT2D eigenvalue weighted by atomic mass is 10.1. The molecule has 0 saturated carbocycles. The fraction of sp³-hybridized carbons (Fsp3) is 0.261. The van der Waals surface area contributed by atoms with Gasteiger partial charge in [0, 0.05) is 55.5 Å². The fourth-order valence-electron chi connectivity index (χ4n) is 4.20. The Morgan fingerprint density at radius 3 is 2.86 bits per heavy atom. The van der Waals surface area contributed by atoms with Crippen molar-refractivity contribution in [2.45, 2.75) is 13.0 Å². The van der Waals surface area contributed by atoms with Gasteiger partial charge in [0.25, 0.3) is 0 Å². The molecule has 6 nitrogen and oxygen atoms in total. The Hall–Kier alpha value is -3.25. The Kier molecular flexibility index (Phi) is 4.28. The molecular weight excluding hydrogens is 364 g/mol. The Bertz CT molecular complexity index is 1270. The minimum atomic E-state index is -0.0504. The van der Waals surface area contributed by atoms with E-state index in [1.54, 1.807) is 25.6 Å². The number of benzene rings is 1. The quantitative estimate of drug-likeness (QED) is 0.582. The summed E-state index contributed by atoms with van der Waals surface area (Å²) in [5.74, 6) is 1.28. The molecule has 1 fully saturated rings. The van der Waals surface area contributed by atoms with Crippen LogP contribution in [0.3, 0.4) is 0 Å². The van der Waals surface area contributed by atoms with Crippen LogP contribution < -0.4 is 10.3 Å². The maximum Gasteiger partial charge on any atom is 0.191 e. The van der Waals surface area contributed by atoms with Gasteiger partial charge in [-0.1, -0.05) is 25.1 Å². The minimum Gasteiger partial charge on any atom is -0.379 e. The number of para-hydroxylation sites is 1. The summed E-state index contributed by atoms with van der Waals surface area (Å²) in [6.45, 7) is 3.83. The number of nitrogens with one attached hydrogen (secondary N) is 1. The highest BCUT2D eigenvalue weighted by molar-refractivity contribution is 5.90. The van der Waals surface area contributed by atoms with Crippen molar-refractivity contribution in [3.05, 3.63) is 65.1 Å². The number of aromatic amines is 1. The summed E-state index contributed by atoms with van der Waals surface area (Å²) in [5, 5.41) is 1.62. The molecule has 146 valence electrons. The van der Waals surface area contributed by atoms with Gasteiger partial charge in [-0.15, -0.1) is 0 Å². The van der Waals surface area contributed by atoms with Crippen molar-refractivity contribution in [1.29, 1.82) is 0 Å². The lowest BCUT2D eigenvalue weighted by Gasteiger charge is -2.21. The first-order valence-corrected chi connectivity index (χ1v) is 9.79. The number of aromatic nitrogens is 3. The van der Waals surface area contributed by atoms with E-state index in [-0.39, 0.29) is 11.5 Å². The zero-order valence-corrected chi connectivity index (χ0v) is 16.4. The van der Waals surface area contributed by atoms with Crippen LogP contribution in [0.25, 0.3) is 33.1 Å². The van der Waals surface area contributed by atoms with Crippen molar-refractivity contribution in [2.24, 2.45) is 5.92 Å². The van der Waals surface area contributed by atoms with E-state index >= 15 is 0 Å². The van der Waals surface area contributed by atoms with Gasteiger partial charge >= 0.3 is 0 Å². The summed E-state index contributed by atoms with van der Waals surface area (Å²) < 4.78 is 5.65. The van der Waals surface area contributed by atoms with Gasteiger partial charge in [-0.3, -0.25) is 9.78 Å². The average Bonchev–Trinajstić information content (AvgIpc) is 3.13. The number of rotatable bonds is 3. The molecule has 4 aromatic rings. The number of hydrogen-bond donors (Lipinski definition) is 1. The van der Waals surface area contributed by atoms with E-state index in [4.69, 9.17) is 9.72 Å². The summed E-state index contributed by atoms with van der Waals surface area (Å²) >= 11 is 0. The zero-order valence-electron chi connectivity index (χ0n) is 16.4. The Morgan fingerprint density at radius 2 is 2.03 bits per heavy atom. The fourth-order valence-corrected chi connectivity index (χ4v) is 4.20. The van der Waals surface area contributed by atoms with Crippen molar-refractivity contribution in [1.82, 2.24) is 15.0 Å². The third kappa shape index (κ3) is 3.06. The van der Waals surface area contributed by atoms with Gasteiger partial charge in [0.05, 0.1) is 28.2 Å². The number of ether oxygens (including phenoxy) is 1. The molecule has 0 radical (unpaired) electrons. The standard InChI is InChI=1S/C23H22N4O2/c1-14-12-27(13-22(14)29-2)23-16(9-15-5-3-4-6-18(15)26-23)20-10-21(28)17-11-24-8-7-19(17)25-20/h3-11,14,22H,12-13H2,1-2H3,(H,25,28)/t14-,22+/m0/s1. The van der Waals surface area contributed by atoms with Crippen molar-refractivity contribution >= 4 is 27.6 Å². The molecule has 6 heteroatoms. The van der Waals surface area contributed by atoms with Gasteiger partial charge in [-0.25, -0.2) is 4.98 Å². The van der Waals surface area contributed by atoms with E-state index in [1.807, 2.05) is 30.3 Å². The molecule has 2 atom stereocenters. The number of hydrogen-bond acceptors (Lipinski definition) is 5. The summed E-state index contributed by atoms with van der Waals surface area (Å²) in [7, 11) is 1.76. The SMILES string of the molecule is CO[C@@H]1CN(c2nc3ccccc3cc2-c2cc(=O)c3cnccc3[nH]2)C[C@@H]1C. The van der Waals surface area contributed by atoms with E-state index < -0.39 is 0 Å². The van der Waals surface area contributed by atoms with Crippen LogP contribution in [0.1, 0.15) is 6.92 Å². The first-order valence-electron chi connectivity index (χ1n) is 9.79. The lowest BCUT2D eigenvalue weighted by molar-refractivity contribution is 0.0899. The summed E-state index contributed by atoms with van der Waals surface area (Å²) in [4.78, 5) is 27.4. The third-order valence-electron chi connectivity index (χ3n) is 5.77. The van der Waals surface area contributed by atoms with Crippen molar-refractivity contribution < 1.29 is 4.74 Å². The van der Waals surface area contributed by atoms with Gasteiger partial charge in [0.15, 0.2) is 5.43 Å². The molecule has 0 amide bonds. The molecule has 1 aliphatic rings. The van der Waals surface area contributed by atoms with Crippen molar-refractivity contribution in [2.75, 3.05) is 25.1 Å². The van der Waals surface area contributed by atoms with Crippen LogP contribution in [0.2, 0.25) is 0 Å². The number of nitrogens with zero attached hydrogens (tertiary/aromatic N) is 3. The molecular formula is C23H22N4O2. The van der Waals surface area contributed by atoms with Crippen LogP contribution in [0.5, 0.6) is 0 Å². The third-order valence-corrected chi connectivity index (χ3v) is 5.77. The highest BCUT2D eigenvalue weighted by Crippen LogP contribution is 2.34. The molecule has 0 aliphatic carbocycles. The maximum absolute atomic E-state index is 12.7. The van der Waals surface area contributed by atoms with E-state index in [1.165, 1.54) is 0 Å². The summed E-state index contributed by atoms with van der Waals surface area (Å²) in [6.07, 6.45) is 3.45. The second-order valence-electron chi connectivity index (χ2n) is 7.68. The van der Waals surface area contributed by atoms with Crippen LogP contribution in [0.4, 0.5) is 5.82 Å². The predicted octanol–water partition coefficient (Wildman–Crippen LogP) is 3.61. The first-order chi connectivity index (χ1) is 14.1. The van der Waals surface area contributed by atoms with Gasteiger partial charge in [-0.2, -0.15) is 0 Å². The molecule has 4 heterocycles. The van der Waals surface area contributed by atoms with E-state index in [9.17, 15) is 4.79 Å². The van der Waals surface area contributed by atoms with E-state index in [2.05, 4.69) is 27.9 Å². The Balaban J connectivity index is 1.73. The topological polar surface area (TPSA) is 71.1 Å². The lowest BCUT2D eigenvalue weighted by Crippen LogP contribution is -2.24. The zero-order chi connectivity index (χ0) is 20.0. The van der Waals surface area contributed by atoms with Gasteiger partial charge in [-0.05, 0) is 18.2 Å². The molecule has 3 aromatic heterocycles. The first kappa shape index (κ1) is 17.8. The highest BCUT2D eigenvalue weighted by atomic mass is 16.5. The normalized spacial score (nSPS) is 19.3. The van der Waals surface area contributed by atoms with Crippen LogP contribution in [-0.4, -0.2) is 41.3 Å². The molecule has 1 aliphatic heterocycles. The van der Waals surface area contributed by atoms with Crippen LogP contribution in [-0.2, 0) is 4.74 Å². The minimum absolute atomic E-state index is 0.0504. The van der Waals surface area contributed by atoms with Crippen LogP contribution in [0, 0.1) is 5.92 Å². The highest BCUT2D eigenvalue weighted by Gasteiger charge is 2.32. The Morgan fingerprint density at radius 1 is 1.17 bits per heavy atom. The van der Waals surface area contributed by atoms with Crippen LogP contribution in [0.15, 0.2) is 59.7 Å². The maximum atomic E-state index is 12.7. The molecule has 0 unspecified atom stereocenters. The molecule has 5 rings (SSSR count). The van der Waals surface area contributed by atoms with Crippen LogP contribution >= 0.6 is 0 Å². The van der Waals surface area contributed by atoms with E-state index in [0.717, 1.165) is 46.6 Å². The number of H-pyrrole nitrogens is 1. The molecule has 1 N–H and O–H groups in total. The molecule has 0 bridgehead atoms. The second-order valence-corrected chi connectivity index (χ2v) is 7.68. The Labute approximate surface area is 168 Å². The summed E-state index contributed by atoms with van der Waals surface area (Å²) in [6, 6.07) is 13.6. The molecule has 0 spiro atoms. The van der Waals surface area contributed by atoms with Gasteiger partial charge < -0.3 is 14.6 Å². The molecule has 1 aromatic carbocycles. The van der Waals surface area contributed by atoms with Gasteiger partial charge in [0.2, 0.25) is 0 Å². The van der Waals surface area contributed by atoms with Crippen molar-refractivity contribution in [3.63, 3.8) is 0 Å².